The van der Waals surface area contributed by atoms with E-state index in [1.807, 2.05) is 18.7 Å². The summed E-state index contributed by atoms with van der Waals surface area (Å²) in [5, 5.41) is 3.49. The summed E-state index contributed by atoms with van der Waals surface area (Å²) in [6.07, 6.45) is 6.90. The smallest absolute Gasteiger partial charge is 0.0991 e. The number of nitrogens with zero attached hydrogens (tertiary/aromatic N) is 3. The Labute approximate surface area is 106 Å². The van der Waals surface area contributed by atoms with Crippen LogP contribution in [0.1, 0.15) is 11.1 Å². The summed E-state index contributed by atoms with van der Waals surface area (Å²) in [5.74, 6) is 0. The van der Waals surface area contributed by atoms with Gasteiger partial charge >= 0.3 is 0 Å². The zero-order valence-electron chi connectivity index (χ0n) is 10.3. The highest BCUT2D eigenvalue weighted by Crippen LogP contribution is 2.36. The first-order valence-corrected chi connectivity index (χ1v) is 6.52. The Bertz CT molecular complexity index is 574. The van der Waals surface area contributed by atoms with Crippen molar-refractivity contribution in [3.05, 3.63) is 42.0 Å². The molecule has 4 rings (SSSR count). The standard InChI is InChI=1S/C14H16N4/c1-2-13(18-8-5-16-10-18)12-3-6-17-7-4-15-9-11(1)14(12)17/h1-2,5,8,10,15H,3-4,6-7,9H2. The number of hydrogen-bond acceptors (Lipinski definition) is 3. The number of nitrogens with one attached hydrogen (secondary N) is 1. The molecule has 2 aromatic rings. The Balaban J connectivity index is 1.92. The van der Waals surface area contributed by atoms with E-state index in [9.17, 15) is 0 Å². The number of anilines is 1. The Morgan fingerprint density at radius 1 is 1.22 bits per heavy atom. The van der Waals surface area contributed by atoms with Gasteiger partial charge in [-0.05, 0) is 18.1 Å². The summed E-state index contributed by atoms with van der Waals surface area (Å²) < 4.78 is 2.12. The second kappa shape index (κ2) is 3.85. The highest BCUT2D eigenvalue weighted by atomic mass is 15.2. The average Bonchev–Trinajstić information content (AvgIpc) is 3.00. The number of rotatable bonds is 1. The van der Waals surface area contributed by atoms with E-state index in [1.165, 1.54) is 22.5 Å². The van der Waals surface area contributed by atoms with Crippen LogP contribution in [0, 0.1) is 0 Å². The van der Waals surface area contributed by atoms with Crippen LogP contribution in [0.2, 0.25) is 0 Å². The molecule has 0 bridgehead atoms. The monoisotopic (exact) mass is 240 g/mol. The largest absolute Gasteiger partial charge is 0.369 e. The van der Waals surface area contributed by atoms with Crippen molar-refractivity contribution in [3.8, 4) is 5.69 Å². The summed E-state index contributed by atoms with van der Waals surface area (Å²) in [6, 6.07) is 4.48. The maximum Gasteiger partial charge on any atom is 0.0991 e. The van der Waals surface area contributed by atoms with Crippen molar-refractivity contribution in [1.82, 2.24) is 14.9 Å². The third-order valence-electron chi connectivity index (χ3n) is 3.95. The number of aromatic nitrogens is 2. The molecular weight excluding hydrogens is 224 g/mol. The van der Waals surface area contributed by atoms with Gasteiger partial charge in [-0.3, -0.25) is 0 Å². The first-order valence-electron chi connectivity index (χ1n) is 6.52. The number of imidazole rings is 1. The van der Waals surface area contributed by atoms with E-state index in [0.29, 0.717) is 0 Å². The molecule has 0 atom stereocenters. The molecule has 18 heavy (non-hydrogen) atoms. The normalized spacial score (nSPS) is 17.7. The van der Waals surface area contributed by atoms with Gasteiger partial charge in [0, 0.05) is 49.8 Å². The van der Waals surface area contributed by atoms with Gasteiger partial charge in [-0.25, -0.2) is 4.98 Å². The maximum atomic E-state index is 4.16. The maximum absolute atomic E-state index is 4.16. The molecule has 1 aromatic carbocycles. The van der Waals surface area contributed by atoms with Gasteiger partial charge in [0.25, 0.3) is 0 Å². The van der Waals surface area contributed by atoms with E-state index in [-0.39, 0.29) is 0 Å². The molecule has 0 fully saturated rings. The lowest BCUT2D eigenvalue weighted by Crippen LogP contribution is -2.27. The van der Waals surface area contributed by atoms with E-state index in [2.05, 4.69) is 31.9 Å². The summed E-state index contributed by atoms with van der Waals surface area (Å²) in [6.45, 7) is 4.33. The van der Waals surface area contributed by atoms with Gasteiger partial charge in [0.2, 0.25) is 0 Å². The third-order valence-corrected chi connectivity index (χ3v) is 3.95. The van der Waals surface area contributed by atoms with Crippen molar-refractivity contribution in [3.63, 3.8) is 0 Å². The van der Waals surface area contributed by atoms with Gasteiger partial charge in [-0.2, -0.15) is 0 Å². The molecule has 4 heteroatoms. The minimum absolute atomic E-state index is 0.989. The Hall–Kier alpha value is -1.81. The summed E-state index contributed by atoms with van der Waals surface area (Å²) >= 11 is 0. The van der Waals surface area contributed by atoms with Crippen molar-refractivity contribution in [2.45, 2.75) is 13.0 Å². The summed E-state index contributed by atoms with van der Waals surface area (Å²) in [5.41, 5.74) is 5.67. The van der Waals surface area contributed by atoms with E-state index in [0.717, 1.165) is 32.6 Å². The fourth-order valence-electron chi connectivity index (χ4n) is 3.12. The van der Waals surface area contributed by atoms with Gasteiger partial charge in [0.15, 0.2) is 0 Å². The fourth-order valence-corrected chi connectivity index (χ4v) is 3.12. The minimum Gasteiger partial charge on any atom is -0.369 e. The molecule has 0 aliphatic carbocycles. The third kappa shape index (κ3) is 1.39. The lowest BCUT2D eigenvalue weighted by Gasteiger charge is -2.19. The summed E-state index contributed by atoms with van der Waals surface area (Å²) in [4.78, 5) is 6.67. The Morgan fingerprint density at radius 3 is 3.11 bits per heavy atom. The second-order valence-corrected chi connectivity index (χ2v) is 4.95. The van der Waals surface area contributed by atoms with Crippen LogP contribution in [0.15, 0.2) is 30.9 Å². The molecule has 4 nitrogen and oxygen atoms in total. The van der Waals surface area contributed by atoms with Crippen molar-refractivity contribution < 1.29 is 0 Å². The number of hydrogen-bond donors (Lipinski definition) is 1. The quantitative estimate of drug-likeness (QED) is 0.816. The molecule has 1 N–H and O–H groups in total. The molecule has 2 aliphatic rings. The van der Waals surface area contributed by atoms with Crippen LogP contribution in [-0.4, -0.2) is 29.2 Å². The highest BCUT2D eigenvalue weighted by Gasteiger charge is 2.26. The predicted octanol–water partition coefficient (Wildman–Crippen LogP) is 1.34. The highest BCUT2D eigenvalue weighted by molar-refractivity contribution is 5.70. The van der Waals surface area contributed by atoms with Crippen molar-refractivity contribution in [1.29, 1.82) is 0 Å². The van der Waals surface area contributed by atoms with Gasteiger partial charge in [-0.15, -0.1) is 0 Å². The lowest BCUT2D eigenvalue weighted by molar-refractivity contribution is 0.692. The first-order chi connectivity index (χ1) is 8.93. The van der Waals surface area contributed by atoms with Crippen LogP contribution in [-0.2, 0) is 13.0 Å². The number of benzene rings is 1. The van der Waals surface area contributed by atoms with Crippen LogP contribution in [0.25, 0.3) is 5.69 Å². The molecule has 0 saturated carbocycles. The van der Waals surface area contributed by atoms with Crippen LogP contribution >= 0.6 is 0 Å². The van der Waals surface area contributed by atoms with Crippen LogP contribution in [0.5, 0.6) is 0 Å². The van der Waals surface area contributed by atoms with Gasteiger partial charge < -0.3 is 14.8 Å². The van der Waals surface area contributed by atoms with Crippen molar-refractivity contribution >= 4 is 5.69 Å². The molecule has 0 radical (unpaired) electrons. The molecule has 0 unspecified atom stereocenters. The van der Waals surface area contributed by atoms with Gasteiger partial charge in [-0.1, -0.05) is 6.07 Å². The molecule has 0 spiro atoms. The van der Waals surface area contributed by atoms with Crippen molar-refractivity contribution in [2.75, 3.05) is 24.5 Å². The van der Waals surface area contributed by atoms with Crippen LogP contribution < -0.4 is 10.2 Å². The topological polar surface area (TPSA) is 33.1 Å². The van der Waals surface area contributed by atoms with E-state index in [4.69, 9.17) is 0 Å². The lowest BCUT2D eigenvalue weighted by atomic mass is 10.0. The van der Waals surface area contributed by atoms with E-state index in [1.54, 1.807) is 0 Å². The molecule has 1 aromatic heterocycles. The van der Waals surface area contributed by atoms with E-state index < -0.39 is 0 Å². The Morgan fingerprint density at radius 2 is 2.22 bits per heavy atom. The fraction of sp³-hybridized carbons (Fsp3) is 0.357. The first kappa shape index (κ1) is 10.1. The second-order valence-electron chi connectivity index (χ2n) is 4.95. The molecule has 3 heterocycles. The SMILES string of the molecule is c1cn(-c2ccc3c4c2CCN4CCNC3)cn1. The molecule has 2 aliphatic heterocycles. The predicted molar refractivity (Wildman–Crippen MR) is 71.2 cm³/mol. The molecule has 0 amide bonds. The van der Waals surface area contributed by atoms with E-state index >= 15 is 0 Å². The molecular formula is C14H16N4. The van der Waals surface area contributed by atoms with Crippen LogP contribution in [0.3, 0.4) is 0 Å². The summed E-state index contributed by atoms with van der Waals surface area (Å²) in [7, 11) is 0. The van der Waals surface area contributed by atoms with Crippen molar-refractivity contribution in [2.24, 2.45) is 0 Å². The zero-order valence-corrected chi connectivity index (χ0v) is 10.3. The average molecular weight is 240 g/mol. The Kier molecular flexibility index (Phi) is 2.17. The van der Waals surface area contributed by atoms with Crippen LogP contribution in [0.4, 0.5) is 5.69 Å². The zero-order chi connectivity index (χ0) is 11.9. The van der Waals surface area contributed by atoms with Gasteiger partial charge in [0.05, 0.1) is 12.0 Å². The molecule has 0 saturated heterocycles. The minimum atomic E-state index is 0.989. The molecule has 92 valence electrons. The van der Waals surface area contributed by atoms with Gasteiger partial charge in [0.1, 0.15) is 0 Å².